The second-order valence-electron chi connectivity index (χ2n) is 8.79. The molecule has 0 aromatic carbocycles. The predicted octanol–water partition coefficient (Wildman–Crippen LogP) is 5.05. The van der Waals surface area contributed by atoms with Gasteiger partial charge in [0, 0.05) is 17.8 Å². The molecule has 0 aliphatic heterocycles. The predicted molar refractivity (Wildman–Crippen MR) is 91.8 cm³/mol. The van der Waals surface area contributed by atoms with E-state index in [1.807, 2.05) is 0 Å². The maximum atomic E-state index is 11.5. The fourth-order valence-corrected chi connectivity index (χ4v) is 6.69. The number of fused-ring (bicyclic) bond motifs is 5. The van der Waals surface area contributed by atoms with E-state index < -0.39 is 0 Å². The molecule has 0 spiro atoms. The minimum Gasteiger partial charge on any atom is -0.462 e. The van der Waals surface area contributed by atoms with Crippen molar-refractivity contribution in [3.8, 4) is 0 Å². The lowest BCUT2D eigenvalue weighted by Gasteiger charge is -2.56. The molecule has 0 saturated heterocycles. The number of ether oxygens (including phenoxy) is 1. The number of carbonyl (C=O) groups is 1. The van der Waals surface area contributed by atoms with Crippen LogP contribution in [0.1, 0.15) is 65.7 Å². The Balaban J connectivity index is 1.63. The van der Waals surface area contributed by atoms with Gasteiger partial charge < -0.3 is 4.74 Å². The van der Waals surface area contributed by atoms with Gasteiger partial charge in [-0.05, 0) is 62.7 Å². The molecule has 2 heteroatoms. The van der Waals surface area contributed by atoms with Crippen molar-refractivity contribution in [2.45, 2.75) is 71.8 Å². The summed E-state index contributed by atoms with van der Waals surface area (Å²) in [5.41, 5.74) is 2.20. The first-order valence-corrected chi connectivity index (χ1v) is 9.49. The van der Waals surface area contributed by atoms with Gasteiger partial charge in [-0.15, -0.1) is 0 Å². The van der Waals surface area contributed by atoms with Crippen LogP contribution >= 0.6 is 0 Å². The van der Waals surface area contributed by atoms with Crippen LogP contribution in [0.2, 0.25) is 0 Å². The number of rotatable bonds is 1. The van der Waals surface area contributed by atoms with Crippen molar-refractivity contribution in [1.82, 2.24) is 0 Å². The molecule has 3 saturated carbocycles. The summed E-state index contributed by atoms with van der Waals surface area (Å²) >= 11 is 0. The van der Waals surface area contributed by atoms with Gasteiger partial charge in [0.05, 0.1) is 0 Å². The molecule has 4 aliphatic carbocycles. The summed E-state index contributed by atoms with van der Waals surface area (Å²) < 4.78 is 5.73. The average Bonchev–Trinajstić information content (AvgIpc) is 2.83. The van der Waals surface area contributed by atoms with Crippen LogP contribution in [0, 0.1) is 28.6 Å². The molecule has 3 fully saturated rings. The second kappa shape index (κ2) is 5.22. The van der Waals surface area contributed by atoms with Crippen molar-refractivity contribution in [3.05, 3.63) is 23.8 Å². The molecule has 0 heterocycles. The average molecular weight is 314 g/mol. The molecule has 0 unspecified atom stereocenters. The van der Waals surface area contributed by atoms with Gasteiger partial charge in [0.15, 0.2) is 0 Å². The van der Waals surface area contributed by atoms with Crippen LogP contribution < -0.4 is 0 Å². The van der Waals surface area contributed by atoms with E-state index in [0.717, 1.165) is 30.6 Å². The molecule has 0 radical (unpaired) electrons. The molecule has 0 bridgehead atoms. The van der Waals surface area contributed by atoms with E-state index in [4.69, 9.17) is 4.74 Å². The quantitative estimate of drug-likeness (QED) is 0.500. The molecule has 2 nitrogen and oxygen atoms in total. The Labute approximate surface area is 140 Å². The monoisotopic (exact) mass is 314 g/mol. The van der Waals surface area contributed by atoms with Crippen LogP contribution in [-0.4, -0.2) is 12.1 Å². The normalized spacial score (nSPS) is 48.0. The SMILES string of the molecule is CC(=O)O[C@@H]1CC[C@H]2[C@@H]3CCC4=CCC=C[C@]4(C)[C@H]3CC[C@]12C. The van der Waals surface area contributed by atoms with Crippen LogP contribution in [0.5, 0.6) is 0 Å². The summed E-state index contributed by atoms with van der Waals surface area (Å²) in [6.07, 6.45) is 16.1. The smallest absolute Gasteiger partial charge is 0.302 e. The van der Waals surface area contributed by atoms with Gasteiger partial charge in [0.25, 0.3) is 0 Å². The molecule has 4 rings (SSSR count). The number of esters is 1. The van der Waals surface area contributed by atoms with E-state index in [2.05, 4.69) is 32.1 Å². The second-order valence-corrected chi connectivity index (χ2v) is 8.79. The van der Waals surface area contributed by atoms with Crippen molar-refractivity contribution in [2.24, 2.45) is 28.6 Å². The lowest BCUT2D eigenvalue weighted by atomic mass is 9.48. The van der Waals surface area contributed by atoms with E-state index in [1.54, 1.807) is 12.5 Å². The van der Waals surface area contributed by atoms with Gasteiger partial charge in [-0.3, -0.25) is 4.79 Å². The van der Waals surface area contributed by atoms with E-state index in [1.165, 1.54) is 32.1 Å². The molecule has 0 aromatic heterocycles. The highest BCUT2D eigenvalue weighted by Gasteiger charge is 2.59. The summed E-state index contributed by atoms with van der Waals surface area (Å²) in [5, 5.41) is 0. The zero-order valence-corrected chi connectivity index (χ0v) is 14.8. The molecule has 0 N–H and O–H groups in total. The Bertz CT molecular complexity index is 574. The summed E-state index contributed by atoms with van der Waals surface area (Å²) in [6, 6.07) is 0. The Hall–Kier alpha value is -1.05. The van der Waals surface area contributed by atoms with Crippen LogP contribution in [0.25, 0.3) is 0 Å². The first-order chi connectivity index (χ1) is 10.9. The minimum absolute atomic E-state index is 0.102. The molecule has 4 aliphatic rings. The molecule has 23 heavy (non-hydrogen) atoms. The Kier molecular flexibility index (Phi) is 3.52. The fourth-order valence-electron chi connectivity index (χ4n) is 6.69. The maximum absolute atomic E-state index is 11.5. The van der Waals surface area contributed by atoms with Gasteiger partial charge in [-0.25, -0.2) is 0 Å². The molecule has 126 valence electrons. The molecule has 0 amide bonds. The van der Waals surface area contributed by atoms with Gasteiger partial charge >= 0.3 is 5.97 Å². The highest BCUT2D eigenvalue weighted by Crippen LogP contribution is 2.64. The number of hydrogen-bond acceptors (Lipinski definition) is 2. The highest BCUT2D eigenvalue weighted by molar-refractivity contribution is 5.66. The number of carbonyl (C=O) groups excluding carboxylic acids is 1. The van der Waals surface area contributed by atoms with Gasteiger partial charge in [0.1, 0.15) is 6.10 Å². The third-order valence-electron chi connectivity index (χ3n) is 7.83. The zero-order chi connectivity index (χ0) is 16.2. The number of allylic oxidation sites excluding steroid dienone is 4. The summed E-state index contributed by atoms with van der Waals surface area (Å²) in [4.78, 5) is 11.5. The maximum Gasteiger partial charge on any atom is 0.302 e. The zero-order valence-electron chi connectivity index (χ0n) is 14.8. The van der Waals surface area contributed by atoms with E-state index in [0.29, 0.717) is 5.41 Å². The van der Waals surface area contributed by atoms with Crippen LogP contribution in [0.4, 0.5) is 0 Å². The van der Waals surface area contributed by atoms with Crippen molar-refractivity contribution in [3.63, 3.8) is 0 Å². The molecular weight excluding hydrogens is 284 g/mol. The fraction of sp³-hybridized carbons (Fsp3) is 0.762. The topological polar surface area (TPSA) is 26.3 Å². The third-order valence-corrected chi connectivity index (χ3v) is 7.83. The van der Waals surface area contributed by atoms with Gasteiger partial charge in [0.2, 0.25) is 0 Å². The standard InChI is InChI=1S/C21H30O2/c1-14(22)23-19-10-9-17-16-8-7-15-6-4-5-12-20(15,2)18(16)11-13-21(17,19)3/h5-6,12,16-19H,4,7-11,13H2,1-3H3/t16-,17-,18-,19+,20-,21-/m0/s1. The first kappa shape index (κ1) is 15.5. The largest absolute Gasteiger partial charge is 0.462 e. The van der Waals surface area contributed by atoms with Crippen LogP contribution in [0.15, 0.2) is 23.8 Å². The van der Waals surface area contributed by atoms with Crippen LogP contribution in [-0.2, 0) is 9.53 Å². The molecule has 0 aromatic rings. The van der Waals surface area contributed by atoms with E-state index >= 15 is 0 Å². The molecular formula is C21H30O2. The summed E-state index contributed by atoms with van der Waals surface area (Å²) in [5.74, 6) is 2.22. The first-order valence-electron chi connectivity index (χ1n) is 9.49. The summed E-state index contributed by atoms with van der Waals surface area (Å²) in [7, 11) is 0. The van der Waals surface area contributed by atoms with Gasteiger partial charge in [-0.1, -0.05) is 37.6 Å². The van der Waals surface area contributed by atoms with Crippen molar-refractivity contribution in [2.75, 3.05) is 0 Å². The lowest BCUT2D eigenvalue weighted by molar-refractivity contribution is -0.156. The van der Waals surface area contributed by atoms with Crippen molar-refractivity contribution >= 4 is 5.97 Å². The van der Waals surface area contributed by atoms with Crippen molar-refractivity contribution in [1.29, 1.82) is 0 Å². The van der Waals surface area contributed by atoms with Crippen LogP contribution in [0.3, 0.4) is 0 Å². The van der Waals surface area contributed by atoms with E-state index in [9.17, 15) is 4.79 Å². The Morgan fingerprint density at radius 1 is 1.17 bits per heavy atom. The molecule has 6 atom stereocenters. The highest BCUT2D eigenvalue weighted by atomic mass is 16.5. The lowest BCUT2D eigenvalue weighted by Crippen LogP contribution is -2.50. The third kappa shape index (κ3) is 2.16. The number of hydrogen-bond donors (Lipinski definition) is 0. The van der Waals surface area contributed by atoms with Crippen molar-refractivity contribution < 1.29 is 9.53 Å². The Morgan fingerprint density at radius 2 is 2.00 bits per heavy atom. The van der Waals surface area contributed by atoms with E-state index in [-0.39, 0.29) is 17.5 Å². The minimum atomic E-state index is -0.102. The summed E-state index contributed by atoms with van der Waals surface area (Å²) in [6.45, 7) is 6.44. The Morgan fingerprint density at radius 3 is 2.78 bits per heavy atom. The van der Waals surface area contributed by atoms with Gasteiger partial charge in [-0.2, -0.15) is 0 Å².